The summed E-state index contributed by atoms with van der Waals surface area (Å²) in [6, 6.07) is 0. The number of fused-ring (bicyclic) bond motifs is 2. The smallest absolute Gasteiger partial charge is 0.309 e. The summed E-state index contributed by atoms with van der Waals surface area (Å²) < 4.78 is 17.9. The Hall–Kier alpha value is -0.610. The molecule has 154 valence electrons. The molecule has 4 nitrogen and oxygen atoms in total. The van der Waals surface area contributed by atoms with Crippen molar-refractivity contribution < 1.29 is 19.0 Å². The van der Waals surface area contributed by atoms with Gasteiger partial charge in [0.05, 0.1) is 12.5 Å². The molecule has 0 radical (unpaired) electrons. The van der Waals surface area contributed by atoms with Gasteiger partial charge in [0, 0.05) is 12.8 Å². The van der Waals surface area contributed by atoms with Gasteiger partial charge in [0.15, 0.2) is 5.79 Å². The molecule has 2 bridgehead atoms. The van der Waals surface area contributed by atoms with Crippen molar-refractivity contribution in [1.82, 2.24) is 0 Å². The molecule has 0 aromatic heterocycles. The summed E-state index contributed by atoms with van der Waals surface area (Å²) in [7, 11) is 0. The fourth-order valence-corrected chi connectivity index (χ4v) is 6.98. The van der Waals surface area contributed by atoms with Gasteiger partial charge in [-0.15, -0.1) is 0 Å². The van der Waals surface area contributed by atoms with Gasteiger partial charge >= 0.3 is 5.97 Å². The largest absolute Gasteiger partial charge is 0.463 e. The van der Waals surface area contributed by atoms with E-state index in [1.807, 2.05) is 0 Å². The van der Waals surface area contributed by atoms with E-state index in [1.165, 1.54) is 25.7 Å². The molecule has 1 heterocycles. The summed E-state index contributed by atoms with van der Waals surface area (Å²) in [6.07, 6.45) is 7.74. The van der Waals surface area contributed by atoms with E-state index in [2.05, 4.69) is 27.7 Å². The monoisotopic (exact) mass is 378 g/mol. The first-order valence-corrected chi connectivity index (χ1v) is 11.4. The Bertz CT molecular complexity index is 536. The Balaban J connectivity index is 1.31. The topological polar surface area (TPSA) is 44.8 Å². The second-order valence-electron chi connectivity index (χ2n) is 10.3. The van der Waals surface area contributed by atoms with Crippen molar-refractivity contribution in [2.45, 2.75) is 84.5 Å². The van der Waals surface area contributed by atoms with Crippen molar-refractivity contribution >= 4 is 5.97 Å². The molecule has 27 heavy (non-hydrogen) atoms. The maximum Gasteiger partial charge on any atom is 0.309 e. The molecule has 6 atom stereocenters. The van der Waals surface area contributed by atoms with Crippen molar-refractivity contribution in [3.05, 3.63) is 0 Å². The van der Waals surface area contributed by atoms with Crippen LogP contribution in [0.15, 0.2) is 0 Å². The third kappa shape index (κ3) is 3.69. The highest BCUT2D eigenvalue weighted by Crippen LogP contribution is 2.59. The van der Waals surface area contributed by atoms with E-state index in [1.54, 1.807) is 0 Å². The van der Waals surface area contributed by atoms with Crippen molar-refractivity contribution in [2.75, 3.05) is 13.2 Å². The average Bonchev–Trinajstić information content (AvgIpc) is 3.33. The van der Waals surface area contributed by atoms with Crippen molar-refractivity contribution in [3.8, 4) is 0 Å². The van der Waals surface area contributed by atoms with Crippen LogP contribution in [0.1, 0.15) is 72.6 Å². The molecule has 1 saturated heterocycles. The minimum absolute atomic E-state index is 0.0172. The zero-order chi connectivity index (χ0) is 19.2. The molecule has 3 aliphatic carbocycles. The third-order valence-corrected chi connectivity index (χ3v) is 7.91. The van der Waals surface area contributed by atoms with E-state index >= 15 is 0 Å². The normalized spacial score (nSPS) is 40.4. The van der Waals surface area contributed by atoms with Gasteiger partial charge < -0.3 is 14.2 Å². The van der Waals surface area contributed by atoms with Crippen LogP contribution in [0.4, 0.5) is 0 Å². The van der Waals surface area contributed by atoms with Crippen molar-refractivity contribution in [3.63, 3.8) is 0 Å². The molecule has 4 aliphatic rings. The molecule has 1 spiro atoms. The lowest BCUT2D eigenvalue weighted by Crippen LogP contribution is -2.38. The summed E-state index contributed by atoms with van der Waals surface area (Å²) in [6.45, 7) is 10.3. The fraction of sp³-hybridized carbons (Fsp3) is 0.957. The Morgan fingerprint density at radius 2 is 1.74 bits per heavy atom. The molecule has 6 unspecified atom stereocenters. The van der Waals surface area contributed by atoms with Gasteiger partial charge in [0.1, 0.15) is 12.7 Å². The third-order valence-electron chi connectivity index (χ3n) is 7.91. The van der Waals surface area contributed by atoms with Crippen LogP contribution in [-0.2, 0) is 19.0 Å². The van der Waals surface area contributed by atoms with Crippen molar-refractivity contribution in [1.29, 1.82) is 0 Å². The zero-order valence-electron chi connectivity index (χ0n) is 17.6. The zero-order valence-corrected chi connectivity index (χ0v) is 17.6. The molecule has 0 amide bonds. The lowest BCUT2D eigenvalue weighted by atomic mass is 9.66. The molecular formula is C23H38O4. The van der Waals surface area contributed by atoms with Gasteiger partial charge in [-0.1, -0.05) is 34.1 Å². The summed E-state index contributed by atoms with van der Waals surface area (Å²) in [4.78, 5) is 12.9. The van der Waals surface area contributed by atoms with Gasteiger partial charge in [0.25, 0.3) is 0 Å². The molecule has 3 saturated carbocycles. The lowest BCUT2D eigenvalue weighted by Gasteiger charge is -2.39. The minimum Gasteiger partial charge on any atom is -0.463 e. The molecule has 0 N–H and O–H groups in total. The SMILES string of the molecule is CC(C)C1C2CC(C(=O)OCC3COC4(CCCCC4)O3)C(C2)C1C(C)C. The van der Waals surface area contributed by atoms with Crippen LogP contribution in [0, 0.1) is 41.4 Å². The molecule has 4 rings (SSSR count). The second-order valence-corrected chi connectivity index (χ2v) is 10.3. The van der Waals surface area contributed by atoms with Gasteiger partial charge in [-0.05, 0) is 61.2 Å². The molecule has 4 fully saturated rings. The van der Waals surface area contributed by atoms with Crippen LogP contribution >= 0.6 is 0 Å². The predicted octanol–water partition coefficient (Wildman–Crippen LogP) is 4.81. The first kappa shape index (κ1) is 19.7. The highest BCUT2D eigenvalue weighted by atomic mass is 16.8. The number of carbonyl (C=O) groups excluding carboxylic acids is 1. The second kappa shape index (κ2) is 7.67. The van der Waals surface area contributed by atoms with E-state index < -0.39 is 0 Å². The van der Waals surface area contributed by atoms with E-state index in [4.69, 9.17) is 14.2 Å². The standard InChI is InChI=1S/C23H38O4/c1-14(2)20-16-10-18(21(20)15(3)4)19(11-16)22(24)25-12-17-13-26-23(27-17)8-6-5-7-9-23/h14-21H,5-13H2,1-4H3. The fourth-order valence-electron chi connectivity index (χ4n) is 6.98. The highest BCUT2D eigenvalue weighted by molar-refractivity contribution is 5.73. The van der Waals surface area contributed by atoms with Crippen LogP contribution < -0.4 is 0 Å². The lowest BCUT2D eigenvalue weighted by molar-refractivity contribution is -0.193. The number of carbonyl (C=O) groups is 1. The van der Waals surface area contributed by atoms with Gasteiger partial charge in [-0.3, -0.25) is 4.79 Å². The van der Waals surface area contributed by atoms with Crippen LogP contribution in [0.5, 0.6) is 0 Å². The Morgan fingerprint density at radius 1 is 1.04 bits per heavy atom. The van der Waals surface area contributed by atoms with E-state index in [0.29, 0.717) is 42.8 Å². The quantitative estimate of drug-likeness (QED) is 0.644. The molecule has 4 heteroatoms. The number of hydrogen-bond acceptors (Lipinski definition) is 4. The van der Waals surface area contributed by atoms with Crippen LogP contribution in [0.3, 0.4) is 0 Å². The average molecular weight is 379 g/mol. The number of rotatable bonds is 5. The molecule has 1 aliphatic heterocycles. The number of esters is 1. The van der Waals surface area contributed by atoms with Crippen LogP contribution in [0.2, 0.25) is 0 Å². The van der Waals surface area contributed by atoms with Gasteiger partial charge in [-0.2, -0.15) is 0 Å². The van der Waals surface area contributed by atoms with Crippen molar-refractivity contribution in [2.24, 2.45) is 41.4 Å². The predicted molar refractivity (Wildman–Crippen MR) is 104 cm³/mol. The van der Waals surface area contributed by atoms with Gasteiger partial charge in [0.2, 0.25) is 0 Å². The van der Waals surface area contributed by atoms with E-state index in [9.17, 15) is 4.79 Å². The highest BCUT2D eigenvalue weighted by Gasteiger charge is 2.56. The number of hydrogen-bond donors (Lipinski definition) is 0. The maximum absolute atomic E-state index is 12.9. The summed E-state index contributed by atoms with van der Waals surface area (Å²) >= 11 is 0. The number of ether oxygens (including phenoxy) is 3. The maximum atomic E-state index is 12.9. The van der Waals surface area contributed by atoms with Gasteiger partial charge in [-0.25, -0.2) is 0 Å². The molecular weight excluding hydrogens is 340 g/mol. The van der Waals surface area contributed by atoms with E-state index in [0.717, 1.165) is 25.2 Å². The summed E-state index contributed by atoms with van der Waals surface area (Å²) in [5, 5.41) is 0. The summed E-state index contributed by atoms with van der Waals surface area (Å²) in [5.74, 6) is 3.74. The molecule has 0 aromatic rings. The molecule has 0 aromatic carbocycles. The Kier molecular flexibility index (Phi) is 5.59. The van der Waals surface area contributed by atoms with Crippen LogP contribution in [-0.4, -0.2) is 31.1 Å². The van der Waals surface area contributed by atoms with Crippen LogP contribution in [0.25, 0.3) is 0 Å². The first-order chi connectivity index (χ1) is 12.9. The first-order valence-electron chi connectivity index (χ1n) is 11.4. The summed E-state index contributed by atoms with van der Waals surface area (Å²) in [5.41, 5.74) is 0. The Labute approximate surface area is 164 Å². The minimum atomic E-state index is -0.380. The Morgan fingerprint density at radius 3 is 2.41 bits per heavy atom. The van der Waals surface area contributed by atoms with E-state index in [-0.39, 0.29) is 23.8 Å².